The highest BCUT2D eigenvalue weighted by Gasteiger charge is 2.52. The number of amides is 1. The molecule has 86 valence electrons. The fourth-order valence-corrected chi connectivity index (χ4v) is 1.85. The van der Waals surface area contributed by atoms with Crippen LogP contribution < -0.4 is 11.1 Å². The second kappa shape index (κ2) is 4.57. The van der Waals surface area contributed by atoms with E-state index in [1.54, 1.807) is 6.26 Å². The molecular weight excluding hydrogens is 232 g/mol. The number of hydrogen-bond acceptors (Lipinski definition) is 3. The van der Waals surface area contributed by atoms with Gasteiger partial charge in [-0.25, -0.2) is 0 Å². The molecule has 0 radical (unpaired) electrons. The van der Waals surface area contributed by atoms with Gasteiger partial charge >= 0.3 is 0 Å². The third kappa shape index (κ3) is 2.75. The molecule has 3 N–H and O–H groups in total. The number of thiocarbonyl (C=S) groups is 1. The summed E-state index contributed by atoms with van der Waals surface area (Å²) in [4.78, 5) is 12.0. The van der Waals surface area contributed by atoms with Crippen LogP contribution in [-0.4, -0.2) is 33.2 Å². The Morgan fingerprint density at radius 2 is 2.20 bits per heavy atom. The third-order valence-corrected chi connectivity index (χ3v) is 4.46. The number of nitrogens with one attached hydrogen (secondary N) is 1. The third-order valence-electron chi connectivity index (χ3n) is 2.77. The van der Waals surface area contributed by atoms with Gasteiger partial charge in [-0.05, 0) is 19.8 Å². The van der Waals surface area contributed by atoms with E-state index in [1.807, 2.05) is 6.92 Å². The summed E-state index contributed by atoms with van der Waals surface area (Å²) in [5, 5.41) is 2.70. The molecule has 0 aromatic carbocycles. The zero-order valence-electron chi connectivity index (χ0n) is 8.91. The van der Waals surface area contributed by atoms with E-state index in [9.17, 15) is 9.00 Å². The van der Waals surface area contributed by atoms with Crippen molar-refractivity contribution in [3.63, 3.8) is 0 Å². The largest absolute Gasteiger partial charge is 0.392 e. The Hall–Kier alpha value is -0.490. The van der Waals surface area contributed by atoms with Crippen LogP contribution in [0, 0.1) is 5.41 Å². The summed E-state index contributed by atoms with van der Waals surface area (Å²) in [6.45, 7) is 2.24. The average molecular weight is 248 g/mol. The smallest absolute Gasteiger partial charge is 0.233 e. The predicted molar refractivity (Wildman–Crippen MR) is 65.0 cm³/mol. The second-order valence-corrected chi connectivity index (χ2v) is 6.21. The van der Waals surface area contributed by atoms with Crippen LogP contribution in [-0.2, 0) is 15.6 Å². The molecule has 1 rings (SSSR count). The minimum absolute atomic E-state index is 0.0453. The lowest BCUT2D eigenvalue weighted by molar-refractivity contribution is -0.123. The first kappa shape index (κ1) is 12.6. The first-order valence-electron chi connectivity index (χ1n) is 4.80. The first-order valence-corrected chi connectivity index (χ1v) is 6.83. The molecule has 6 heteroatoms. The standard InChI is InChI=1S/C9H16N2O2S2/c1-6(15(2)13)5-11-8(12)9(3-4-9)7(10)14/h6H,3-5H2,1-2H3,(H2,10,14)(H,11,12). The van der Waals surface area contributed by atoms with E-state index in [4.69, 9.17) is 18.0 Å². The zero-order valence-corrected chi connectivity index (χ0v) is 10.5. The summed E-state index contributed by atoms with van der Waals surface area (Å²) in [5.41, 5.74) is 4.90. The minimum atomic E-state index is -0.923. The van der Waals surface area contributed by atoms with Crippen LogP contribution in [0.25, 0.3) is 0 Å². The van der Waals surface area contributed by atoms with Crippen molar-refractivity contribution in [2.75, 3.05) is 12.8 Å². The lowest BCUT2D eigenvalue weighted by atomic mass is 10.1. The molecule has 1 amide bonds. The fourth-order valence-electron chi connectivity index (χ4n) is 1.23. The maximum atomic E-state index is 11.7. The normalized spacial score (nSPS) is 21.5. The highest BCUT2D eigenvalue weighted by atomic mass is 32.2. The molecule has 0 saturated heterocycles. The van der Waals surface area contributed by atoms with Crippen molar-refractivity contribution in [3.05, 3.63) is 0 Å². The summed E-state index contributed by atoms with van der Waals surface area (Å²) >= 11 is 4.86. The van der Waals surface area contributed by atoms with Crippen LogP contribution in [0.5, 0.6) is 0 Å². The molecule has 1 aliphatic carbocycles. The van der Waals surface area contributed by atoms with Crippen LogP contribution in [0.2, 0.25) is 0 Å². The molecule has 1 fully saturated rings. The van der Waals surface area contributed by atoms with Gasteiger partial charge in [0.15, 0.2) is 0 Å². The molecule has 15 heavy (non-hydrogen) atoms. The molecule has 2 unspecified atom stereocenters. The lowest BCUT2D eigenvalue weighted by Gasteiger charge is -2.15. The summed E-state index contributed by atoms with van der Waals surface area (Å²) in [6, 6.07) is 0. The molecule has 0 aliphatic heterocycles. The van der Waals surface area contributed by atoms with Gasteiger partial charge in [0.2, 0.25) is 5.91 Å². The van der Waals surface area contributed by atoms with Crippen molar-refractivity contribution in [3.8, 4) is 0 Å². The molecule has 0 spiro atoms. The van der Waals surface area contributed by atoms with Gasteiger partial charge in [-0.1, -0.05) is 12.2 Å². The van der Waals surface area contributed by atoms with Crippen LogP contribution in [0.4, 0.5) is 0 Å². The van der Waals surface area contributed by atoms with E-state index in [1.165, 1.54) is 0 Å². The topological polar surface area (TPSA) is 72.2 Å². The highest BCUT2D eigenvalue weighted by molar-refractivity contribution is 7.84. The Balaban J connectivity index is 2.44. The van der Waals surface area contributed by atoms with Gasteiger partial charge in [0.25, 0.3) is 0 Å². The van der Waals surface area contributed by atoms with Crippen molar-refractivity contribution in [2.45, 2.75) is 25.0 Å². The van der Waals surface area contributed by atoms with Crippen molar-refractivity contribution in [2.24, 2.45) is 11.1 Å². The average Bonchev–Trinajstić information content (AvgIpc) is 2.93. The van der Waals surface area contributed by atoms with Gasteiger partial charge in [-0.2, -0.15) is 0 Å². The van der Waals surface area contributed by atoms with Crippen molar-refractivity contribution >= 4 is 33.9 Å². The van der Waals surface area contributed by atoms with Gasteiger partial charge in [0, 0.05) is 28.9 Å². The Morgan fingerprint density at radius 1 is 1.67 bits per heavy atom. The monoisotopic (exact) mass is 248 g/mol. The number of carbonyl (C=O) groups excluding carboxylic acids is 1. The first-order chi connectivity index (χ1) is 6.90. The Labute approximate surface area is 97.4 Å². The van der Waals surface area contributed by atoms with Crippen molar-refractivity contribution in [1.29, 1.82) is 0 Å². The fraction of sp³-hybridized carbons (Fsp3) is 0.778. The predicted octanol–water partition coefficient (Wildman–Crippen LogP) is -0.0641. The van der Waals surface area contributed by atoms with Gasteiger partial charge in [-0.15, -0.1) is 0 Å². The Morgan fingerprint density at radius 3 is 2.53 bits per heavy atom. The SMILES string of the molecule is CC(CNC(=O)C1(C(N)=S)CC1)S(C)=O. The highest BCUT2D eigenvalue weighted by Crippen LogP contribution is 2.46. The minimum Gasteiger partial charge on any atom is -0.392 e. The molecule has 0 aromatic heterocycles. The van der Waals surface area contributed by atoms with E-state index < -0.39 is 16.2 Å². The number of carbonyl (C=O) groups is 1. The summed E-state index contributed by atoms with van der Waals surface area (Å²) < 4.78 is 11.1. The number of hydrogen-bond donors (Lipinski definition) is 2. The molecule has 2 atom stereocenters. The molecule has 0 aromatic rings. The van der Waals surface area contributed by atoms with E-state index >= 15 is 0 Å². The van der Waals surface area contributed by atoms with E-state index in [2.05, 4.69) is 5.32 Å². The van der Waals surface area contributed by atoms with Gasteiger partial charge in [-0.3, -0.25) is 9.00 Å². The van der Waals surface area contributed by atoms with Crippen LogP contribution in [0.3, 0.4) is 0 Å². The summed E-state index contributed by atoms with van der Waals surface area (Å²) in [7, 11) is -0.923. The Kier molecular flexibility index (Phi) is 3.83. The molecule has 4 nitrogen and oxygen atoms in total. The molecule has 0 heterocycles. The maximum Gasteiger partial charge on any atom is 0.233 e. The van der Waals surface area contributed by atoms with Crippen LogP contribution in [0.15, 0.2) is 0 Å². The molecule has 1 aliphatic rings. The molecular formula is C9H16N2O2S2. The zero-order chi connectivity index (χ0) is 11.6. The van der Waals surface area contributed by atoms with Crippen LogP contribution >= 0.6 is 12.2 Å². The van der Waals surface area contributed by atoms with Gasteiger partial charge in [0.05, 0.1) is 10.4 Å². The van der Waals surface area contributed by atoms with Gasteiger partial charge in [0.1, 0.15) is 0 Å². The molecule has 0 bridgehead atoms. The Bertz CT molecular complexity index is 313. The van der Waals surface area contributed by atoms with E-state index in [0.717, 1.165) is 12.8 Å². The number of nitrogens with two attached hydrogens (primary N) is 1. The second-order valence-electron chi connectivity index (χ2n) is 3.97. The quantitative estimate of drug-likeness (QED) is 0.668. The maximum absolute atomic E-state index is 11.7. The van der Waals surface area contributed by atoms with Crippen molar-refractivity contribution < 1.29 is 9.00 Å². The summed E-state index contributed by atoms with van der Waals surface area (Å²) in [6.07, 6.45) is 3.09. The van der Waals surface area contributed by atoms with E-state index in [-0.39, 0.29) is 16.1 Å². The molecule has 1 saturated carbocycles. The summed E-state index contributed by atoms with van der Waals surface area (Å²) in [5.74, 6) is -0.118. The van der Waals surface area contributed by atoms with Gasteiger partial charge < -0.3 is 11.1 Å². The number of rotatable bonds is 5. The lowest BCUT2D eigenvalue weighted by Crippen LogP contribution is -2.42. The van der Waals surface area contributed by atoms with Crippen molar-refractivity contribution in [1.82, 2.24) is 5.32 Å². The van der Waals surface area contributed by atoms with E-state index in [0.29, 0.717) is 6.54 Å². The van der Waals surface area contributed by atoms with Crippen LogP contribution in [0.1, 0.15) is 19.8 Å².